The molecule has 1 aliphatic rings. The van der Waals surface area contributed by atoms with Gasteiger partial charge in [0, 0.05) is 32.0 Å². The third-order valence-corrected chi connectivity index (χ3v) is 6.55. The summed E-state index contributed by atoms with van der Waals surface area (Å²) in [6, 6.07) is 14.1. The first-order valence-corrected chi connectivity index (χ1v) is 12.4. The molecule has 188 valence electrons. The largest absolute Gasteiger partial charge is 0.493 e. The minimum absolute atomic E-state index is 0.324. The van der Waals surface area contributed by atoms with Crippen molar-refractivity contribution in [2.75, 3.05) is 33.4 Å². The molecule has 7 nitrogen and oxygen atoms in total. The first-order chi connectivity index (χ1) is 17.0. The molecular weight excluding hydrogens is 442 g/mol. The SMILES string of the molecule is COc1cc(CN2CCC[C@@](O)(COc3ccc(C)cc3)CC2)ccc1OCCCn1ccnc1. The molecule has 1 aliphatic heterocycles. The van der Waals surface area contributed by atoms with E-state index in [1.165, 1.54) is 11.1 Å². The quantitative estimate of drug-likeness (QED) is 0.410. The van der Waals surface area contributed by atoms with Crippen LogP contribution in [0.25, 0.3) is 0 Å². The van der Waals surface area contributed by atoms with Gasteiger partial charge in [-0.05, 0) is 69.0 Å². The third kappa shape index (κ3) is 7.47. The first kappa shape index (κ1) is 25.1. The number of hydrogen-bond donors (Lipinski definition) is 1. The Morgan fingerprint density at radius 1 is 1.03 bits per heavy atom. The van der Waals surface area contributed by atoms with E-state index in [4.69, 9.17) is 14.2 Å². The summed E-state index contributed by atoms with van der Waals surface area (Å²) in [5, 5.41) is 11.1. The van der Waals surface area contributed by atoms with E-state index in [0.717, 1.165) is 62.7 Å². The molecule has 1 fully saturated rings. The van der Waals surface area contributed by atoms with Crippen LogP contribution in [-0.2, 0) is 13.1 Å². The zero-order valence-corrected chi connectivity index (χ0v) is 20.9. The maximum atomic E-state index is 11.1. The lowest BCUT2D eigenvalue weighted by atomic mass is 9.96. The maximum Gasteiger partial charge on any atom is 0.161 e. The van der Waals surface area contributed by atoms with E-state index in [1.54, 1.807) is 13.3 Å². The van der Waals surface area contributed by atoms with Gasteiger partial charge in [-0.15, -0.1) is 0 Å². The molecule has 0 saturated carbocycles. The van der Waals surface area contributed by atoms with Gasteiger partial charge in [-0.3, -0.25) is 4.90 Å². The molecule has 0 radical (unpaired) electrons. The fourth-order valence-electron chi connectivity index (χ4n) is 4.43. The van der Waals surface area contributed by atoms with Gasteiger partial charge in [-0.2, -0.15) is 0 Å². The van der Waals surface area contributed by atoms with Crippen molar-refractivity contribution in [2.45, 2.75) is 51.3 Å². The summed E-state index contributed by atoms with van der Waals surface area (Å²) in [5.41, 5.74) is 1.57. The van der Waals surface area contributed by atoms with E-state index in [0.29, 0.717) is 19.6 Å². The maximum absolute atomic E-state index is 11.1. The summed E-state index contributed by atoms with van der Waals surface area (Å²) in [6.45, 7) is 6.44. The molecule has 4 rings (SSSR count). The van der Waals surface area contributed by atoms with Crippen LogP contribution in [0.3, 0.4) is 0 Å². The Hall–Kier alpha value is -3.03. The highest BCUT2D eigenvalue weighted by molar-refractivity contribution is 5.43. The molecule has 0 spiro atoms. The smallest absolute Gasteiger partial charge is 0.161 e. The monoisotopic (exact) mass is 479 g/mol. The van der Waals surface area contributed by atoms with Gasteiger partial charge in [0.1, 0.15) is 12.4 Å². The van der Waals surface area contributed by atoms with Crippen LogP contribution in [0.1, 0.15) is 36.8 Å². The Morgan fingerprint density at radius 3 is 2.66 bits per heavy atom. The van der Waals surface area contributed by atoms with Crippen LogP contribution >= 0.6 is 0 Å². The minimum Gasteiger partial charge on any atom is -0.493 e. The van der Waals surface area contributed by atoms with Gasteiger partial charge in [-0.25, -0.2) is 4.98 Å². The molecule has 0 amide bonds. The standard InChI is InChI=1S/C28H37N3O4/c1-23-5-8-25(9-6-23)35-21-28(32)11-3-14-30(16-12-28)20-24-7-10-26(27(19-24)33-2)34-18-4-15-31-17-13-29-22-31/h5-10,13,17,19,22,32H,3-4,11-12,14-16,18,20-21H2,1-2H3/t28-/m0/s1. The summed E-state index contributed by atoms with van der Waals surface area (Å²) >= 11 is 0. The molecule has 1 saturated heterocycles. The molecule has 1 N–H and O–H groups in total. The number of aryl methyl sites for hydroxylation is 2. The Bertz CT molecular complexity index is 1040. The highest BCUT2D eigenvalue weighted by Crippen LogP contribution is 2.30. The van der Waals surface area contributed by atoms with E-state index >= 15 is 0 Å². The number of nitrogens with zero attached hydrogens (tertiary/aromatic N) is 3. The van der Waals surface area contributed by atoms with Gasteiger partial charge in [0.05, 0.1) is 25.6 Å². The van der Waals surface area contributed by atoms with E-state index in [-0.39, 0.29) is 0 Å². The average molecular weight is 480 g/mol. The molecule has 7 heteroatoms. The van der Waals surface area contributed by atoms with Gasteiger partial charge in [0.2, 0.25) is 0 Å². The van der Waals surface area contributed by atoms with Crippen LogP contribution < -0.4 is 14.2 Å². The molecule has 1 aromatic heterocycles. The van der Waals surface area contributed by atoms with Crippen molar-refractivity contribution in [1.82, 2.24) is 14.5 Å². The topological polar surface area (TPSA) is 69.0 Å². The molecule has 35 heavy (non-hydrogen) atoms. The van der Waals surface area contributed by atoms with E-state index < -0.39 is 5.60 Å². The number of aliphatic hydroxyl groups is 1. The highest BCUT2D eigenvalue weighted by Gasteiger charge is 2.31. The lowest BCUT2D eigenvalue weighted by molar-refractivity contribution is -0.0168. The van der Waals surface area contributed by atoms with Crippen molar-refractivity contribution in [2.24, 2.45) is 0 Å². The molecular formula is C28H37N3O4. The Labute approximate surface area is 208 Å². The Morgan fingerprint density at radius 2 is 1.89 bits per heavy atom. The van der Waals surface area contributed by atoms with Crippen molar-refractivity contribution in [3.05, 3.63) is 72.3 Å². The zero-order valence-electron chi connectivity index (χ0n) is 20.9. The number of imidazole rings is 1. The second-order valence-electron chi connectivity index (χ2n) is 9.44. The van der Waals surface area contributed by atoms with Gasteiger partial charge in [0.15, 0.2) is 11.5 Å². The van der Waals surface area contributed by atoms with Gasteiger partial charge >= 0.3 is 0 Å². The molecule has 0 bridgehead atoms. The van der Waals surface area contributed by atoms with Crippen LogP contribution in [0.4, 0.5) is 0 Å². The van der Waals surface area contributed by atoms with Crippen LogP contribution in [0.2, 0.25) is 0 Å². The minimum atomic E-state index is -0.800. The number of methoxy groups -OCH3 is 1. The van der Waals surface area contributed by atoms with Gasteiger partial charge in [-0.1, -0.05) is 23.8 Å². The van der Waals surface area contributed by atoms with Crippen molar-refractivity contribution in [1.29, 1.82) is 0 Å². The summed E-state index contributed by atoms with van der Waals surface area (Å²) in [6.07, 6.45) is 8.81. The first-order valence-electron chi connectivity index (χ1n) is 12.4. The third-order valence-electron chi connectivity index (χ3n) is 6.55. The molecule has 2 heterocycles. The highest BCUT2D eigenvalue weighted by atomic mass is 16.5. The summed E-state index contributed by atoms with van der Waals surface area (Å²) in [7, 11) is 1.68. The number of benzene rings is 2. The second-order valence-corrected chi connectivity index (χ2v) is 9.44. The lowest BCUT2D eigenvalue weighted by Crippen LogP contribution is -2.37. The Balaban J connectivity index is 1.26. The number of aromatic nitrogens is 2. The predicted octanol–water partition coefficient (Wildman–Crippen LogP) is 4.47. The number of ether oxygens (including phenoxy) is 3. The average Bonchev–Trinajstić information content (AvgIpc) is 3.32. The molecule has 0 unspecified atom stereocenters. The predicted molar refractivity (Wildman–Crippen MR) is 136 cm³/mol. The fourth-order valence-corrected chi connectivity index (χ4v) is 4.43. The summed E-state index contributed by atoms with van der Waals surface area (Å²) in [5.74, 6) is 2.32. The molecule has 2 aromatic carbocycles. The van der Waals surface area contributed by atoms with E-state index in [2.05, 4.69) is 28.9 Å². The van der Waals surface area contributed by atoms with Crippen molar-refractivity contribution < 1.29 is 19.3 Å². The summed E-state index contributed by atoms with van der Waals surface area (Å²) in [4.78, 5) is 6.45. The van der Waals surface area contributed by atoms with Crippen LogP contribution in [0, 0.1) is 6.92 Å². The molecule has 3 aromatic rings. The van der Waals surface area contributed by atoms with Gasteiger partial charge < -0.3 is 23.9 Å². The summed E-state index contributed by atoms with van der Waals surface area (Å²) < 4.78 is 19.5. The van der Waals surface area contributed by atoms with Crippen molar-refractivity contribution in [3.63, 3.8) is 0 Å². The van der Waals surface area contributed by atoms with Gasteiger partial charge in [0.25, 0.3) is 0 Å². The molecule has 0 aliphatic carbocycles. The van der Waals surface area contributed by atoms with Crippen LogP contribution in [-0.4, -0.2) is 58.6 Å². The number of hydrogen-bond acceptors (Lipinski definition) is 6. The van der Waals surface area contributed by atoms with Crippen LogP contribution in [0.5, 0.6) is 17.2 Å². The number of rotatable bonds is 11. The zero-order chi connectivity index (χ0) is 24.5. The second kappa shape index (κ2) is 12.1. The number of likely N-dealkylation sites (tertiary alicyclic amines) is 1. The van der Waals surface area contributed by atoms with E-state index in [1.807, 2.05) is 47.4 Å². The Kier molecular flexibility index (Phi) is 8.66. The van der Waals surface area contributed by atoms with E-state index in [9.17, 15) is 5.11 Å². The van der Waals surface area contributed by atoms with Crippen molar-refractivity contribution >= 4 is 0 Å². The van der Waals surface area contributed by atoms with Crippen LogP contribution in [0.15, 0.2) is 61.2 Å². The molecule has 1 atom stereocenters. The lowest BCUT2D eigenvalue weighted by Gasteiger charge is -2.27. The fraction of sp³-hybridized carbons (Fsp3) is 0.464. The van der Waals surface area contributed by atoms with Crippen molar-refractivity contribution in [3.8, 4) is 17.2 Å². The normalized spacial score (nSPS) is 18.7.